The van der Waals surface area contributed by atoms with E-state index in [4.69, 9.17) is 15.2 Å². The zero-order valence-electron chi connectivity index (χ0n) is 17.7. The number of nitrogens with zero attached hydrogens (tertiary/aromatic N) is 4. The van der Waals surface area contributed by atoms with Crippen molar-refractivity contribution in [2.75, 3.05) is 26.8 Å². The number of ether oxygens (including phenoxy) is 2. The topological polar surface area (TPSA) is 107 Å². The monoisotopic (exact) mass is 423 g/mol. The number of rotatable bonds is 8. The van der Waals surface area contributed by atoms with Gasteiger partial charge in [0.1, 0.15) is 5.75 Å². The predicted molar refractivity (Wildman–Crippen MR) is 118 cm³/mol. The largest absolute Gasteiger partial charge is 0.497 e. The summed E-state index contributed by atoms with van der Waals surface area (Å²) >= 11 is 0. The summed E-state index contributed by atoms with van der Waals surface area (Å²) in [6, 6.07) is 9.75. The van der Waals surface area contributed by atoms with Crippen LogP contribution in [0.3, 0.4) is 0 Å². The third kappa shape index (κ3) is 5.28. The van der Waals surface area contributed by atoms with Gasteiger partial charge in [0.05, 0.1) is 31.5 Å². The third-order valence-corrected chi connectivity index (χ3v) is 5.92. The van der Waals surface area contributed by atoms with Gasteiger partial charge in [-0.15, -0.1) is 0 Å². The summed E-state index contributed by atoms with van der Waals surface area (Å²) in [6.45, 7) is 1.91. The van der Waals surface area contributed by atoms with Gasteiger partial charge in [-0.05, 0) is 61.1 Å². The number of methoxy groups -OCH3 is 1. The fraction of sp³-hybridized carbons (Fsp3) is 0.435. The molecule has 3 heterocycles. The molecule has 1 aliphatic heterocycles. The van der Waals surface area contributed by atoms with Crippen molar-refractivity contribution in [3.05, 3.63) is 54.5 Å². The molecule has 0 amide bonds. The first-order chi connectivity index (χ1) is 15.1. The van der Waals surface area contributed by atoms with E-state index < -0.39 is 6.10 Å². The first kappa shape index (κ1) is 21.4. The number of piperidine rings is 1. The fourth-order valence-corrected chi connectivity index (χ4v) is 4.17. The molecule has 1 aliphatic rings. The van der Waals surface area contributed by atoms with E-state index in [9.17, 15) is 5.11 Å². The van der Waals surface area contributed by atoms with E-state index in [2.05, 4.69) is 19.9 Å². The van der Waals surface area contributed by atoms with Crippen molar-refractivity contribution in [3.8, 4) is 11.8 Å². The molecule has 1 fully saturated rings. The number of fused-ring (bicyclic) bond motifs is 1. The molecule has 0 spiro atoms. The molecule has 3 atom stereocenters. The molecule has 8 nitrogen and oxygen atoms in total. The van der Waals surface area contributed by atoms with Gasteiger partial charge >= 0.3 is 6.01 Å². The second-order valence-corrected chi connectivity index (χ2v) is 7.92. The lowest BCUT2D eigenvalue weighted by atomic mass is 9.91. The Morgan fingerprint density at radius 2 is 2.03 bits per heavy atom. The lowest BCUT2D eigenvalue weighted by Gasteiger charge is -2.38. The minimum Gasteiger partial charge on any atom is -0.497 e. The Bertz CT molecular complexity index is 987. The molecule has 2 unspecified atom stereocenters. The number of hydrogen-bond acceptors (Lipinski definition) is 8. The summed E-state index contributed by atoms with van der Waals surface area (Å²) in [5.74, 6) is 1.23. The van der Waals surface area contributed by atoms with Crippen LogP contribution in [-0.2, 0) is 0 Å². The van der Waals surface area contributed by atoms with Crippen molar-refractivity contribution in [3.63, 3.8) is 0 Å². The van der Waals surface area contributed by atoms with Crippen molar-refractivity contribution in [1.29, 1.82) is 0 Å². The van der Waals surface area contributed by atoms with E-state index in [0.29, 0.717) is 25.1 Å². The Kier molecular flexibility index (Phi) is 6.91. The van der Waals surface area contributed by atoms with E-state index in [1.807, 2.05) is 24.3 Å². The van der Waals surface area contributed by atoms with Crippen molar-refractivity contribution >= 4 is 10.9 Å². The molecule has 0 saturated carbocycles. The Morgan fingerprint density at radius 1 is 1.19 bits per heavy atom. The number of aliphatic hydroxyl groups is 1. The van der Waals surface area contributed by atoms with Gasteiger partial charge in [0.15, 0.2) is 0 Å². The Morgan fingerprint density at radius 3 is 2.81 bits per heavy atom. The number of aromatic nitrogens is 3. The molecule has 8 heteroatoms. The molecule has 1 saturated heterocycles. The number of β-amino-alcohol motifs (C(OH)–C–C–N with tert-alkyl or cyclic N) is 1. The summed E-state index contributed by atoms with van der Waals surface area (Å²) in [5.41, 5.74) is 8.13. The highest BCUT2D eigenvalue weighted by atomic mass is 16.5. The van der Waals surface area contributed by atoms with Crippen LogP contribution in [0.25, 0.3) is 10.9 Å². The van der Waals surface area contributed by atoms with E-state index in [-0.39, 0.29) is 6.17 Å². The lowest BCUT2D eigenvalue weighted by molar-refractivity contribution is 0.0489. The Hall–Kier alpha value is -2.81. The smallest absolute Gasteiger partial charge is 0.316 e. The second kappa shape index (κ2) is 10.00. The van der Waals surface area contributed by atoms with Gasteiger partial charge in [-0.1, -0.05) is 0 Å². The molecule has 1 aromatic carbocycles. The van der Waals surface area contributed by atoms with E-state index in [1.165, 1.54) is 0 Å². The number of likely N-dealkylation sites (tertiary alicyclic amines) is 1. The molecular formula is C23H29N5O3. The normalized spacial score (nSPS) is 20.5. The minimum absolute atomic E-state index is 0.0935. The molecular weight excluding hydrogens is 394 g/mol. The van der Waals surface area contributed by atoms with Gasteiger partial charge in [-0.3, -0.25) is 9.88 Å². The van der Waals surface area contributed by atoms with Crippen molar-refractivity contribution < 1.29 is 14.6 Å². The lowest BCUT2D eigenvalue weighted by Crippen LogP contribution is -2.49. The molecule has 31 heavy (non-hydrogen) atoms. The molecule has 164 valence electrons. The summed E-state index contributed by atoms with van der Waals surface area (Å²) < 4.78 is 11.0. The first-order valence-corrected chi connectivity index (χ1v) is 10.6. The maximum absolute atomic E-state index is 11.0. The van der Waals surface area contributed by atoms with Crippen LogP contribution in [-0.4, -0.2) is 57.9 Å². The predicted octanol–water partition coefficient (Wildman–Crippen LogP) is 2.53. The van der Waals surface area contributed by atoms with E-state index >= 15 is 0 Å². The first-order valence-electron chi connectivity index (χ1n) is 10.6. The molecule has 0 bridgehead atoms. The number of benzene rings is 1. The molecule has 0 radical (unpaired) electrons. The maximum Gasteiger partial charge on any atom is 0.316 e. The highest BCUT2D eigenvalue weighted by Crippen LogP contribution is 2.29. The van der Waals surface area contributed by atoms with Crippen molar-refractivity contribution in [2.24, 2.45) is 11.7 Å². The summed E-state index contributed by atoms with van der Waals surface area (Å²) in [6.07, 6.45) is 7.13. The van der Waals surface area contributed by atoms with Gasteiger partial charge in [-0.25, -0.2) is 9.97 Å². The van der Waals surface area contributed by atoms with Crippen LogP contribution in [0, 0.1) is 5.92 Å². The zero-order chi connectivity index (χ0) is 21.6. The van der Waals surface area contributed by atoms with Crippen molar-refractivity contribution in [1.82, 2.24) is 19.9 Å². The Balaban J connectivity index is 1.33. The van der Waals surface area contributed by atoms with Gasteiger partial charge < -0.3 is 20.3 Å². The fourth-order valence-electron chi connectivity index (χ4n) is 4.17. The van der Waals surface area contributed by atoms with Crippen LogP contribution >= 0.6 is 0 Å². The second-order valence-electron chi connectivity index (χ2n) is 7.92. The molecule has 3 N–H and O–H groups in total. The zero-order valence-corrected chi connectivity index (χ0v) is 17.7. The van der Waals surface area contributed by atoms with Crippen LogP contribution in [0.1, 0.15) is 30.9 Å². The summed E-state index contributed by atoms with van der Waals surface area (Å²) in [7, 11) is 1.63. The van der Waals surface area contributed by atoms with Crippen LogP contribution in [0.15, 0.2) is 48.9 Å². The Labute approximate surface area is 182 Å². The number of pyridine rings is 1. The average molecular weight is 424 g/mol. The summed E-state index contributed by atoms with van der Waals surface area (Å²) in [4.78, 5) is 14.7. The van der Waals surface area contributed by atoms with Gasteiger partial charge in [0, 0.05) is 37.1 Å². The number of hydrogen-bond donors (Lipinski definition) is 2. The van der Waals surface area contributed by atoms with Gasteiger partial charge in [-0.2, -0.15) is 0 Å². The van der Waals surface area contributed by atoms with Crippen LogP contribution in [0.4, 0.5) is 0 Å². The van der Waals surface area contributed by atoms with E-state index in [1.54, 1.807) is 31.8 Å². The average Bonchev–Trinajstić information content (AvgIpc) is 2.80. The minimum atomic E-state index is -0.654. The maximum atomic E-state index is 11.0. The highest BCUT2D eigenvalue weighted by Gasteiger charge is 2.28. The van der Waals surface area contributed by atoms with Crippen LogP contribution < -0.4 is 15.2 Å². The number of nitrogens with two attached hydrogens (primary N) is 1. The standard InChI is InChI=1S/C23H29N5O3/c1-30-17-3-4-20-19(14-17)18(5-10-25-20)21(29)15-28-11-6-16(13-22(28)24)7-12-31-23-26-8-2-9-27-23/h2-5,8-10,14,16,21-22,29H,6-7,11-13,15,24H2,1H3/t16?,21?,22-/m1/s1. The summed E-state index contributed by atoms with van der Waals surface area (Å²) in [5, 5.41) is 11.9. The molecule has 3 aromatic rings. The van der Waals surface area contributed by atoms with Crippen LogP contribution in [0.5, 0.6) is 11.8 Å². The third-order valence-electron chi connectivity index (χ3n) is 5.92. The van der Waals surface area contributed by atoms with Gasteiger partial charge in [0.2, 0.25) is 0 Å². The van der Waals surface area contributed by atoms with Crippen molar-refractivity contribution in [2.45, 2.75) is 31.5 Å². The van der Waals surface area contributed by atoms with Crippen LogP contribution in [0.2, 0.25) is 0 Å². The molecule has 2 aromatic heterocycles. The van der Waals surface area contributed by atoms with E-state index in [0.717, 1.165) is 48.0 Å². The SMILES string of the molecule is COc1ccc2nccc(C(O)CN3CCC(CCOc4ncccn4)C[C@@H]3N)c2c1. The molecule has 4 rings (SSSR count). The quantitative estimate of drug-likeness (QED) is 0.569. The van der Waals surface area contributed by atoms with Gasteiger partial charge in [0.25, 0.3) is 0 Å². The number of aliphatic hydroxyl groups excluding tert-OH is 1. The molecule has 0 aliphatic carbocycles. The highest BCUT2D eigenvalue weighted by molar-refractivity contribution is 5.83.